The van der Waals surface area contributed by atoms with Crippen molar-refractivity contribution in [2.75, 3.05) is 0 Å². The zero-order chi connectivity index (χ0) is 13.1. The Morgan fingerprint density at radius 3 is 2.67 bits per heavy atom. The molecule has 0 amide bonds. The van der Waals surface area contributed by atoms with Gasteiger partial charge in [0.25, 0.3) is 0 Å². The number of nitrogens with zero attached hydrogens (tertiary/aromatic N) is 2. The molecular weight excluding hydrogens is 234 g/mol. The molecule has 2 rings (SSSR count). The van der Waals surface area contributed by atoms with Crippen molar-refractivity contribution in [3.05, 3.63) is 33.1 Å². The summed E-state index contributed by atoms with van der Waals surface area (Å²) in [4.78, 5) is 35.2. The zero-order valence-electron chi connectivity index (χ0n) is 10.4. The molecule has 1 unspecified atom stereocenters. The molecule has 0 aromatic carbocycles. The Bertz CT molecular complexity index is 576. The van der Waals surface area contributed by atoms with Crippen LogP contribution in [0.15, 0.2) is 21.7 Å². The van der Waals surface area contributed by atoms with Crippen LogP contribution in [0.3, 0.4) is 0 Å². The fraction of sp³-hybridized carbons (Fsp3) is 0.583. The Hall–Kier alpha value is -1.85. The third-order valence-corrected chi connectivity index (χ3v) is 3.28. The van der Waals surface area contributed by atoms with Gasteiger partial charge in [-0.05, 0) is 25.3 Å². The van der Waals surface area contributed by atoms with Gasteiger partial charge in [0.2, 0.25) is 0 Å². The van der Waals surface area contributed by atoms with E-state index in [1.807, 2.05) is 6.08 Å². The van der Waals surface area contributed by atoms with Crippen molar-refractivity contribution in [1.82, 2.24) is 14.3 Å². The summed E-state index contributed by atoms with van der Waals surface area (Å²) in [5.74, 6) is -0.124. The quantitative estimate of drug-likeness (QED) is 0.789. The summed E-state index contributed by atoms with van der Waals surface area (Å²) in [5, 5.41) is 2.44. The molecule has 0 radical (unpaired) electrons. The lowest BCUT2D eigenvalue weighted by atomic mass is 10.1. The number of ketones is 1. The molecule has 0 bridgehead atoms. The Morgan fingerprint density at radius 2 is 2.00 bits per heavy atom. The minimum Gasteiger partial charge on any atom is -0.292 e. The molecule has 1 aliphatic carbocycles. The average molecular weight is 251 g/mol. The maximum absolute atomic E-state index is 12.0. The second-order valence-electron chi connectivity index (χ2n) is 4.59. The summed E-state index contributed by atoms with van der Waals surface area (Å²) >= 11 is 0. The van der Waals surface area contributed by atoms with Crippen LogP contribution in [0.4, 0.5) is 0 Å². The summed E-state index contributed by atoms with van der Waals surface area (Å²) in [5.41, 5.74) is -0.956. The van der Waals surface area contributed by atoms with Crippen LogP contribution in [0.2, 0.25) is 0 Å². The number of H-pyrrole nitrogens is 1. The molecule has 98 valence electrons. The second-order valence-corrected chi connectivity index (χ2v) is 4.59. The number of hydrogen-bond donors (Lipinski definition) is 1. The first-order chi connectivity index (χ1) is 8.61. The van der Waals surface area contributed by atoms with Crippen LogP contribution in [0.5, 0.6) is 0 Å². The molecule has 0 saturated carbocycles. The van der Waals surface area contributed by atoms with Crippen molar-refractivity contribution in [2.45, 2.75) is 38.1 Å². The van der Waals surface area contributed by atoms with E-state index in [-0.39, 0.29) is 5.78 Å². The number of allylic oxidation sites excluding steroid dienone is 2. The summed E-state index contributed by atoms with van der Waals surface area (Å²) in [6.45, 7) is 0. The van der Waals surface area contributed by atoms with Gasteiger partial charge in [-0.1, -0.05) is 18.9 Å². The van der Waals surface area contributed by atoms with E-state index >= 15 is 0 Å². The van der Waals surface area contributed by atoms with Gasteiger partial charge >= 0.3 is 11.4 Å². The van der Waals surface area contributed by atoms with Gasteiger partial charge in [0, 0.05) is 7.05 Å². The minimum atomic E-state index is -0.583. The molecule has 0 saturated heterocycles. The lowest BCUT2D eigenvalue weighted by Crippen LogP contribution is -2.31. The van der Waals surface area contributed by atoms with Gasteiger partial charge < -0.3 is 0 Å². The van der Waals surface area contributed by atoms with Crippen molar-refractivity contribution in [3.8, 4) is 0 Å². The molecule has 0 aliphatic heterocycles. The number of carbonyl (C=O) groups is 1. The molecule has 6 heteroatoms. The number of aromatic nitrogens is 3. The molecule has 1 heterocycles. The predicted octanol–water partition coefficient (Wildman–Crippen LogP) is 0.506. The van der Waals surface area contributed by atoms with Crippen LogP contribution in [0, 0.1) is 0 Å². The van der Waals surface area contributed by atoms with Gasteiger partial charge in [-0.15, -0.1) is 0 Å². The fourth-order valence-corrected chi connectivity index (χ4v) is 2.17. The summed E-state index contributed by atoms with van der Waals surface area (Å²) in [6, 6.07) is -0.583. The van der Waals surface area contributed by atoms with Crippen molar-refractivity contribution < 1.29 is 4.79 Å². The maximum Gasteiger partial charge on any atom is 0.347 e. The fourth-order valence-electron chi connectivity index (χ4n) is 2.17. The Balaban J connectivity index is 2.39. The van der Waals surface area contributed by atoms with Gasteiger partial charge in [-0.3, -0.25) is 4.79 Å². The number of hydrogen-bond acceptors (Lipinski definition) is 3. The van der Waals surface area contributed by atoms with Crippen LogP contribution in [0.1, 0.15) is 38.1 Å². The Labute approximate surface area is 104 Å². The number of nitrogens with one attached hydrogen (secondary N) is 1. The lowest BCUT2D eigenvalue weighted by Gasteiger charge is -2.13. The number of rotatable bonds is 1. The third-order valence-electron chi connectivity index (χ3n) is 3.28. The molecular formula is C12H17N3O3. The molecule has 1 aliphatic rings. The van der Waals surface area contributed by atoms with E-state index in [4.69, 9.17) is 0 Å². The number of aromatic amines is 1. The molecule has 18 heavy (non-hydrogen) atoms. The highest BCUT2D eigenvalue weighted by molar-refractivity contribution is 5.92. The minimum absolute atomic E-state index is 0.124. The first kappa shape index (κ1) is 12.6. The van der Waals surface area contributed by atoms with Gasteiger partial charge in [0.05, 0.1) is 0 Å². The molecule has 6 nitrogen and oxygen atoms in total. The SMILES string of the molecule is Cn1c(=O)[nH]n(C2CCCCC/C=C\C2=O)c1=O. The molecule has 1 aromatic rings. The van der Waals surface area contributed by atoms with Crippen LogP contribution >= 0.6 is 0 Å². The van der Waals surface area contributed by atoms with Crippen LogP contribution < -0.4 is 11.4 Å². The summed E-state index contributed by atoms with van der Waals surface area (Å²) < 4.78 is 2.13. The van der Waals surface area contributed by atoms with Crippen LogP contribution in [-0.4, -0.2) is 20.1 Å². The van der Waals surface area contributed by atoms with E-state index in [1.165, 1.54) is 13.1 Å². The van der Waals surface area contributed by atoms with Crippen molar-refractivity contribution in [2.24, 2.45) is 7.05 Å². The molecule has 1 atom stereocenters. The van der Waals surface area contributed by atoms with Crippen LogP contribution in [-0.2, 0) is 11.8 Å². The standard InChI is InChI=1S/C12H17N3O3/c1-14-11(17)13-15(12(14)18)9-7-5-3-2-4-6-8-10(9)16/h6,8-9H,2-5,7H2,1H3,(H,13,17)/b8-6-. The van der Waals surface area contributed by atoms with E-state index in [2.05, 4.69) is 5.10 Å². The molecule has 0 spiro atoms. The van der Waals surface area contributed by atoms with E-state index in [1.54, 1.807) is 0 Å². The molecule has 0 fully saturated rings. The van der Waals surface area contributed by atoms with Gasteiger partial charge in [0.1, 0.15) is 6.04 Å². The highest BCUT2D eigenvalue weighted by atomic mass is 16.2. The van der Waals surface area contributed by atoms with E-state index in [0.29, 0.717) is 6.42 Å². The van der Waals surface area contributed by atoms with E-state index in [0.717, 1.165) is 34.9 Å². The van der Waals surface area contributed by atoms with Crippen molar-refractivity contribution in [1.29, 1.82) is 0 Å². The first-order valence-electron chi connectivity index (χ1n) is 6.19. The normalized spacial score (nSPS) is 23.2. The largest absolute Gasteiger partial charge is 0.347 e. The highest BCUT2D eigenvalue weighted by Crippen LogP contribution is 2.18. The topological polar surface area (TPSA) is 76.9 Å². The third kappa shape index (κ3) is 2.37. The highest BCUT2D eigenvalue weighted by Gasteiger charge is 2.22. The summed E-state index contributed by atoms with van der Waals surface area (Å²) in [7, 11) is 1.40. The second kappa shape index (κ2) is 5.20. The lowest BCUT2D eigenvalue weighted by molar-refractivity contribution is -0.118. The van der Waals surface area contributed by atoms with Crippen LogP contribution in [0.25, 0.3) is 0 Å². The van der Waals surface area contributed by atoms with Crippen molar-refractivity contribution >= 4 is 5.78 Å². The molecule has 1 N–H and O–H groups in total. The van der Waals surface area contributed by atoms with E-state index < -0.39 is 17.4 Å². The Kier molecular flexibility index (Phi) is 3.64. The monoisotopic (exact) mass is 251 g/mol. The summed E-state index contributed by atoms with van der Waals surface area (Å²) in [6.07, 6.45) is 7.79. The van der Waals surface area contributed by atoms with Gasteiger partial charge in [-0.25, -0.2) is 23.9 Å². The molecule has 1 aromatic heterocycles. The van der Waals surface area contributed by atoms with Gasteiger partial charge in [-0.2, -0.15) is 0 Å². The first-order valence-corrected chi connectivity index (χ1v) is 6.19. The smallest absolute Gasteiger partial charge is 0.292 e. The number of carbonyl (C=O) groups excluding carboxylic acids is 1. The Morgan fingerprint density at radius 1 is 1.22 bits per heavy atom. The average Bonchev–Trinajstić information content (AvgIpc) is 2.65. The maximum atomic E-state index is 12.0. The zero-order valence-corrected chi connectivity index (χ0v) is 10.4. The van der Waals surface area contributed by atoms with E-state index in [9.17, 15) is 14.4 Å². The van der Waals surface area contributed by atoms with Gasteiger partial charge in [0.15, 0.2) is 5.78 Å². The predicted molar refractivity (Wildman–Crippen MR) is 66.6 cm³/mol. The van der Waals surface area contributed by atoms with Crippen molar-refractivity contribution in [3.63, 3.8) is 0 Å².